The molecule has 2 heteroatoms. The molecule has 9 aromatic carbocycles. The maximum Gasteiger partial charge on any atom is 0.161 e. The quantitative estimate of drug-likeness (QED) is 0.169. The van der Waals surface area contributed by atoms with Crippen LogP contribution in [-0.4, -0.2) is 9.97 Å². The van der Waals surface area contributed by atoms with Gasteiger partial charge in [0.05, 0.1) is 11.4 Å². The minimum absolute atomic E-state index is 0.124. The van der Waals surface area contributed by atoms with Crippen LogP contribution in [0.5, 0.6) is 0 Å². The highest BCUT2D eigenvalue weighted by Crippen LogP contribution is 2.55. The van der Waals surface area contributed by atoms with Gasteiger partial charge in [-0.2, -0.15) is 0 Å². The molecule has 2 nitrogen and oxygen atoms in total. The monoisotopic (exact) mass is 752 g/mol. The van der Waals surface area contributed by atoms with Gasteiger partial charge in [0.2, 0.25) is 0 Å². The van der Waals surface area contributed by atoms with Gasteiger partial charge in [0, 0.05) is 22.1 Å². The topological polar surface area (TPSA) is 25.8 Å². The minimum Gasteiger partial charge on any atom is -0.228 e. The summed E-state index contributed by atoms with van der Waals surface area (Å²) in [4.78, 5) is 10.8. The lowest BCUT2D eigenvalue weighted by molar-refractivity contribution is 0.661. The summed E-state index contributed by atoms with van der Waals surface area (Å²) < 4.78 is 0. The van der Waals surface area contributed by atoms with Crippen LogP contribution < -0.4 is 0 Å². The smallest absolute Gasteiger partial charge is 0.161 e. The first-order valence-electron chi connectivity index (χ1n) is 20.4. The number of fused-ring (bicyclic) bond motifs is 6. The summed E-state index contributed by atoms with van der Waals surface area (Å²) in [7, 11) is 0. The molecule has 59 heavy (non-hydrogen) atoms. The molecule has 1 aliphatic rings. The third-order valence-corrected chi connectivity index (χ3v) is 12.3. The molecule has 0 bridgehead atoms. The van der Waals surface area contributed by atoms with Crippen molar-refractivity contribution < 1.29 is 0 Å². The third-order valence-electron chi connectivity index (χ3n) is 12.3. The van der Waals surface area contributed by atoms with Crippen LogP contribution in [0.15, 0.2) is 206 Å². The number of aromatic nitrogens is 2. The van der Waals surface area contributed by atoms with Gasteiger partial charge in [0.1, 0.15) is 0 Å². The first-order valence-corrected chi connectivity index (χ1v) is 20.4. The highest BCUT2D eigenvalue weighted by atomic mass is 14.9. The SMILES string of the molecule is CC1(C)c2cccc(-c3ccc(-c4nc(-c5ccccc5)cc(-c5cc(-c6ccccc6)cc(-c6ccccc6)c5)n4)c4ccccc34)c2-c2c1ccc1ccccc21. The summed E-state index contributed by atoms with van der Waals surface area (Å²) in [6.45, 7) is 4.73. The fourth-order valence-electron chi connectivity index (χ4n) is 9.35. The van der Waals surface area contributed by atoms with Crippen LogP contribution in [0.1, 0.15) is 25.0 Å². The molecule has 10 aromatic rings. The van der Waals surface area contributed by atoms with Crippen LogP contribution in [0.25, 0.3) is 100.0 Å². The molecule has 0 unspecified atom stereocenters. The Morgan fingerprint density at radius 2 is 0.831 bits per heavy atom. The maximum absolute atomic E-state index is 5.45. The molecule has 0 amide bonds. The van der Waals surface area contributed by atoms with Crippen LogP contribution in [0.4, 0.5) is 0 Å². The Morgan fingerprint density at radius 1 is 0.322 bits per heavy atom. The minimum atomic E-state index is -0.124. The van der Waals surface area contributed by atoms with Crippen molar-refractivity contribution in [1.82, 2.24) is 9.97 Å². The predicted molar refractivity (Wildman–Crippen MR) is 247 cm³/mol. The molecule has 1 heterocycles. The van der Waals surface area contributed by atoms with E-state index in [1.165, 1.54) is 49.5 Å². The van der Waals surface area contributed by atoms with Crippen LogP contribution in [0.3, 0.4) is 0 Å². The van der Waals surface area contributed by atoms with Gasteiger partial charge in [-0.3, -0.25) is 0 Å². The molecule has 0 spiro atoms. The van der Waals surface area contributed by atoms with Gasteiger partial charge in [-0.05, 0) is 108 Å². The van der Waals surface area contributed by atoms with E-state index in [0.717, 1.165) is 55.7 Å². The van der Waals surface area contributed by atoms with E-state index < -0.39 is 0 Å². The highest BCUT2D eigenvalue weighted by molar-refractivity contribution is 6.11. The molecular formula is C57H40N2. The van der Waals surface area contributed by atoms with Gasteiger partial charge in [0.15, 0.2) is 5.82 Å². The van der Waals surface area contributed by atoms with Crippen molar-refractivity contribution in [3.63, 3.8) is 0 Å². The van der Waals surface area contributed by atoms with E-state index in [-0.39, 0.29) is 5.41 Å². The van der Waals surface area contributed by atoms with Gasteiger partial charge in [0.25, 0.3) is 0 Å². The van der Waals surface area contributed by atoms with Crippen molar-refractivity contribution in [2.75, 3.05) is 0 Å². The molecule has 278 valence electrons. The van der Waals surface area contributed by atoms with E-state index in [1.807, 2.05) is 0 Å². The molecule has 0 N–H and O–H groups in total. The molecule has 1 aromatic heterocycles. The Kier molecular flexibility index (Phi) is 8.20. The average Bonchev–Trinajstić information content (AvgIpc) is 3.55. The second-order valence-corrected chi connectivity index (χ2v) is 16.1. The van der Waals surface area contributed by atoms with Crippen molar-refractivity contribution >= 4 is 21.5 Å². The Morgan fingerprint density at radius 3 is 1.49 bits per heavy atom. The van der Waals surface area contributed by atoms with Gasteiger partial charge in [-0.25, -0.2) is 9.97 Å². The average molecular weight is 753 g/mol. The largest absolute Gasteiger partial charge is 0.228 e. The van der Waals surface area contributed by atoms with Crippen LogP contribution in [0, 0.1) is 0 Å². The van der Waals surface area contributed by atoms with E-state index in [0.29, 0.717) is 5.82 Å². The van der Waals surface area contributed by atoms with Gasteiger partial charge in [-0.1, -0.05) is 190 Å². The lowest BCUT2D eigenvalue weighted by Crippen LogP contribution is -2.14. The van der Waals surface area contributed by atoms with E-state index in [9.17, 15) is 0 Å². The summed E-state index contributed by atoms with van der Waals surface area (Å²) in [6.07, 6.45) is 0. The Hall–Kier alpha value is -7.42. The summed E-state index contributed by atoms with van der Waals surface area (Å²) >= 11 is 0. The molecular weight excluding hydrogens is 713 g/mol. The Labute approximate surface area is 345 Å². The van der Waals surface area contributed by atoms with Gasteiger partial charge in [-0.15, -0.1) is 0 Å². The fourth-order valence-corrected chi connectivity index (χ4v) is 9.35. The summed E-state index contributed by atoms with van der Waals surface area (Å²) in [6, 6.07) is 74.3. The van der Waals surface area contributed by atoms with Crippen LogP contribution >= 0.6 is 0 Å². The van der Waals surface area contributed by atoms with Gasteiger partial charge >= 0.3 is 0 Å². The lowest BCUT2D eigenvalue weighted by atomic mass is 9.81. The number of nitrogens with zero attached hydrogens (tertiary/aromatic N) is 2. The molecule has 0 saturated heterocycles. The molecule has 0 aliphatic heterocycles. The fraction of sp³-hybridized carbons (Fsp3) is 0.0526. The summed E-state index contributed by atoms with van der Waals surface area (Å²) in [5.41, 5.74) is 17.2. The summed E-state index contributed by atoms with van der Waals surface area (Å²) in [5.74, 6) is 0.700. The van der Waals surface area contributed by atoms with Gasteiger partial charge < -0.3 is 0 Å². The van der Waals surface area contributed by atoms with E-state index in [4.69, 9.17) is 9.97 Å². The van der Waals surface area contributed by atoms with Crippen molar-refractivity contribution in [2.45, 2.75) is 19.3 Å². The number of benzene rings is 9. The molecule has 0 fully saturated rings. The molecule has 0 saturated carbocycles. The Bertz CT molecular complexity index is 3160. The molecule has 0 radical (unpaired) electrons. The van der Waals surface area contributed by atoms with Crippen molar-refractivity contribution in [3.8, 4) is 78.4 Å². The zero-order valence-electron chi connectivity index (χ0n) is 33.0. The van der Waals surface area contributed by atoms with E-state index in [2.05, 4.69) is 220 Å². The van der Waals surface area contributed by atoms with Crippen LogP contribution in [0.2, 0.25) is 0 Å². The zero-order chi connectivity index (χ0) is 39.5. The number of hydrogen-bond acceptors (Lipinski definition) is 2. The number of rotatable bonds is 6. The third kappa shape index (κ3) is 5.87. The first-order chi connectivity index (χ1) is 29.0. The zero-order valence-corrected chi connectivity index (χ0v) is 33.0. The van der Waals surface area contributed by atoms with Crippen LogP contribution in [-0.2, 0) is 5.41 Å². The standard InChI is InChI=1S/C57H40N2/c1-57(2)50-28-16-27-48(55(50)54-44-24-13-12-21-39(44)29-32-51(54)57)47-30-31-49(46-26-15-14-25-45(46)47)56-58-52(40-22-10-5-11-23-40)36-53(59-56)43-34-41(37-17-6-3-7-18-37)33-42(35-43)38-19-8-4-9-20-38/h3-36H,1-2H3. The molecule has 1 aliphatic carbocycles. The lowest BCUT2D eigenvalue weighted by Gasteiger charge is -2.22. The van der Waals surface area contributed by atoms with Crippen molar-refractivity contribution in [3.05, 3.63) is 217 Å². The van der Waals surface area contributed by atoms with Crippen molar-refractivity contribution in [1.29, 1.82) is 0 Å². The molecule has 0 atom stereocenters. The second-order valence-electron chi connectivity index (χ2n) is 16.1. The normalized spacial score (nSPS) is 12.7. The Balaban J connectivity index is 1.13. The predicted octanol–water partition coefficient (Wildman–Crippen LogP) is 15.1. The number of hydrogen-bond donors (Lipinski definition) is 0. The van der Waals surface area contributed by atoms with E-state index in [1.54, 1.807) is 0 Å². The molecule has 11 rings (SSSR count). The summed E-state index contributed by atoms with van der Waals surface area (Å²) in [5, 5.41) is 4.87. The van der Waals surface area contributed by atoms with E-state index >= 15 is 0 Å². The highest BCUT2D eigenvalue weighted by Gasteiger charge is 2.38. The first kappa shape index (κ1) is 34.8. The van der Waals surface area contributed by atoms with Crippen molar-refractivity contribution in [2.24, 2.45) is 0 Å². The maximum atomic E-state index is 5.45. The second kappa shape index (κ2) is 13.9.